The number of aromatic nitrogens is 1. The summed E-state index contributed by atoms with van der Waals surface area (Å²) in [5, 5.41) is 11.8. The lowest BCUT2D eigenvalue weighted by molar-refractivity contribution is -0.384. The van der Waals surface area contributed by atoms with Crippen LogP contribution in [0.5, 0.6) is 17.2 Å². The molecule has 1 aliphatic heterocycles. The molecule has 3 heterocycles. The lowest BCUT2D eigenvalue weighted by Gasteiger charge is -2.26. The molecule has 0 fully saturated rings. The first-order chi connectivity index (χ1) is 23.3. The fraction of sp³-hybridized carbons (Fsp3) is 0.171. The molecule has 0 saturated heterocycles. The molecule has 0 amide bonds. The van der Waals surface area contributed by atoms with Crippen LogP contribution in [0.25, 0.3) is 23.1 Å². The van der Waals surface area contributed by atoms with Gasteiger partial charge in [-0.3, -0.25) is 19.5 Å². The summed E-state index contributed by atoms with van der Waals surface area (Å²) in [6.45, 7) is 1.82. The van der Waals surface area contributed by atoms with Crippen molar-refractivity contribution in [1.29, 1.82) is 0 Å². The first-order valence-electron chi connectivity index (χ1n) is 14.7. The Labute approximate surface area is 277 Å². The molecule has 2 aromatic heterocycles. The van der Waals surface area contributed by atoms with Crippen molar-refractivity contribution in [3.63, 3.8) is 0 Å². The van der Waals surface area contributed by atoms with E-state index in [0.29, 0.717) is 38.9 Å². The highest BCUT2D eigenvalue weighted by molar-refractivity contribution is 7.07. The normalized spacial score (nSPS) is 14.2. The molecule has 0 radical (unpaired) electrons. The lowest BCUT2D eigenvalue weighted by Crippen LogP contribution is -2.40. The quantitative estimate of drug-likeness (QED) is 0.112. The van der Waals surface area contributed by atoms with Crippen LogP contribution in [0.2, 0.25) is 0 Å². The van der Waals surface area contributed by atoms with Gasteiger partial charge in [-0.05, 0) is 48.9 Å². The summed E-state index contributed by atoms with van der Waals surface area (Å²) in [5.74, 6) is 1.13. The maximum atomic E-state index is 14.2. The van der Waals surface area contributed by atoms with Crippen LogP contribution < -0.4 is 29.1 Å². The summed E-state index contributed by atoms with van der Waals surface area (Å²) in [7, 11) is 4.45. The van der Waals surface area contributed by atoms with Crippen molar-refractivity contribution in [3.8, 4) is 28.6 Å². The van der Waals surface area contributed by atoms with Crippen molar-refractivity contribution in [2.45, 2.75) is 13.0 Å². The molecule has 48 heavy (non-hydrogen) atoms. The first kappa shape index (κ1) is 32.0. The minimum Gasteiger partial charge on any atom is -0.497 e. The highest BCUT2D eigenvalue weighted by Crippen LogP contribution is 2.39. The molecule has 0 spiro atoms. The van der Waals surface area contributed by atoms with E-state index in [1.807, 2.05) is 30.3 Å². The van der Waals surface area contributed by atoms with Crippen molar-refractivity contribution in [2.75, 3.05) is 27.9 Å². The third-order valence-electron chi connectivity index (χ3n) is 7.66. The minimum absolute atomic E-state index is 0.112. The molecule has 0 unspecified atom stereocenters. The molecule has 0 N–H and O–H groups in total. The number of furan rings is 1. The molecule has 0 saturated carbocycles. The van der Waals surface area contributed by atoms with Gasteiger partial charge in [0.2, 0.25) is 0 Å². The number of benzene rings is 3. The number of hydrogen-bond acceptors (Lipinski definition) is 11. The van der Waals surface area contributed by atoms with E-state index >= 15 is 0 Å². The number of methoxy groups -OCH3 is 3. The van der Waals surface area contributed by atoms with Crippen molar-refractivity contribution in [1.82, 2.24) is 4.57 Å². The van der Waals surface area contributed by atoms with Crippen LogP contribution in [0, 0.1) is 10.1 Å². The van der Waals surface area contributed by atoms with E-state index in [0.717, 1.165) is 11.3 Å². The third-order valence-corrected chi connectivity index (χ3v) is 8.65. The van der Waals surface area contributed by atoms with Crippen LogP contribution in [-0.4, -0.2) is 43.4 Å². The molecule has 13 heteroatoms. The maximum absolute atomic E-state index is 14.2. The molecular formula is C35H29N3O9S. The molecule has 1 atom stereocenters. The van der Waals surface area contributed by atoms with Gasteiger partial charge in [0, 0.05) is 11.6 Å². The number of nitro groups is 1. The Balaban J connectivity index is 1.56. The Hall–Kier alpha value is -5.95. The van der Waals surface area contributed by atoms with Crippen LogP contribution in [0.3, 0.4) is 0 Å². The molecular weight excluding hydrogens is 638 g/mol. The number of esters is 1. The number of carbonyl (C=O) groups is 1. The molecule has 0 bridgehead atoms. The minimum atomic E-state index is -0.938. The molecule has 12 nitrogen and oxygen atoms in total. The second-order valence-corrected chi connectivity index (χ2v) is 11.4. The average Bonchev–Trinajstić information content (AvgIpc) is 3.70. The van der Waals surface area contributed by atoms with Crippen LogP contribution in [0.4, 0.5) is 5.69 Å². The van der Waals surface area contributed by atoms with Crippen molar-refractivity contribution in [3.05, 3.63) is 131 Å². The van der Waals surface area contributed by atoms with Gasteiger partial charge in [-0.2, -0.15) is 0 Å². The summed E-state index contributed by atoms with van der Waals surface area (Å²) in [6, 6.07) is 21.1. The number of carbonyl (C=O) groups excluding carboxylic acids is 1. The van der Waals surface area contributed by atoms with E-state index in [-0.39, 0.29) is 39.5 Å². The second kappa shape index (κ2) is 13.4. The number of nitro benzene ring substituents is 1. The smallest absolute Gasteiger partial charge is 0.338 e. The number of thiazole rings is 1. The molecule has 6 rings (SSSR count). The van der Waals surface area contributed by atoms with E-state index in [1.165, 1.54) is 32.0 Å². The highest BCUT2D eigenvalue weighted by Gasteiger charge is 2.35. The molecule has 5 aromatic rings. The Morgan fingerprint density at radius 1 is 1.00 bits per heavy atom. The van der Waals surface area contributed by atoms with Crippen molar-refractivity contribution >= 4 is 34.8 Å². The standard InChI is InChI=1S/C35H29N3O9S/c1-5-46-34(40)30-31(20-9-7-6-8-10-20)36-35-37(32(30)21-11-15-27(44-3)28(17-21)45-4)33(39)29(48-35)19-23-13-16-26(47-23)24-14-12-22(43-2)18-25(24)38(41)42/h6-19,32H,5H2,1-4H3/b29-19-/t32-/m1/s1. The monoisotopic (exact) mass is 667 g/mol. The Kier molecular flexibility index (Phi) is 8.95. The van der Waals surface area contributed by atoms with E-state index in [4.69, 9.17) is 28.4 Å². The van der Waals surface area contributed by atoms with Crippen molar-refractivity contribution < 1.29 is 33.1 Å². The van der Waals surface area contributed by atoms with E-state index in [2.05, 4.69) is 0 Å². The number of fused-ring (bicyclic) bond motifs is 1. The molecule has 3 aromatic carbocycles. The topological polar surface area (TPSA) is 145 Å². The van der Waals surface area contributed by atoms with E-state index < -0.39 is 22.5 Å². The predicted molar refractivity (Wildman–Crippen MR) is 178 cm³/mol. The number of rotatable bonds is 10. The summed E-state index contributed by atoms with van der Waals surface area (Å²) < 4.78 is 29.4. The summed E-state index contributed by atoms with van der Waals surface area (Å²) >= 11 is 1.12. The highest BCUT2D eigenvalue weighted by atomic mass is 32.1. The Bertz CT molecular complexity index is 2250. The second-order valence-electron chi connectivity index (χ2n) is 10.4. The summed E-state index contributed by atoms with van der Waals surface area (Å²) in [4.78, 5) is 44.4. The van der Waals surface area contributed by atoms with E-state index in [1.54, 1.807) is 55.5 Å². The maximum Gasteiger partial charge on any atom is 0.338 e. The molecule has 244 valence electrons. The van der Waals surface area contributed by atoms with Crippen LogP contribution in [0.1, 0.15) is 29.9 Å². The Morgan fingerprint density at radius 2 is 1.77 bits per heavy atom. The summed E-state index contributed by atoms with van der Waals surface area (Å²) in [5.41, 5.74) is 1.42. The number of hydrogen-bond donors (Lipinski definition) is 0. The van der Waals surface area contributed by atoms with Crippen LogP contribution in [-0.2, 0) is 9.53 Å². The Morgan fingerprint density at radius 3 is 2.46 bits per heavy atom. The van der Waals surface area contributed by atoms with Gasteiger partial charge in [-0.15, -0.1) is 0 Å². The average molecular weight is 668 g/mol. The largest absolute Gasteiger partial charge is 0.497 e. The van der Waals surface area contributed by atoms with Gasteiger partial charge in [0.05, 0.1) is 66.3 Å². The third kappa shape index (κ3) is 5.86. The van der Waals surface area contributed by atoms with Gasteiger partial charge in [0.1, 0.15) is 17.3 Å². The lowest BCUT2D eigenvalue weighted by atomic mass is 9.93. The predicted octanol–water partition coefficient (Wildman–Crippen LogP) is 5.13. The zero-order valence-electron chi connectivity index (χ0n) is 26.3. The fourth-order valence-electron chi connectivity index (χ4n) is 5.48. The van der Waals surface area contributed by atoms with Crippen molar-refractivity contribution in [2.24, 2.45) is 4.99 Å². The fourth-order valence-corrected chi connectivity index (χ4v) is 6.46. The molecule has 0 aliphatic carbocycles. The zero-order chi connectivity index (χ0) is 33.9. The van der Waals surface area contributed by atoms with Gasteiger partial charge in [0.25, 0.3) is 11.2 Å². The van der Waals surface area contributed by atoms with E-state index in [9.17, 15) is 19.7 Å². The van der Waals surface area contributed by atoms with Gasteiger partial charge in [-0.25, -0.2) is 9.79 Å². The molecule has 1 aliphatic rings. The van der Waals surface area contributed by atoms with Gasteiger partial charge < -0.3 is 23.4 Å². The number of ether oxygens (including phenoxy) is 4. The van der Waals surface area contributed by atoms with Gasteiger partial charge >= 0.3 is 5.97 Å². The first-order valence-corrected chi connectivity index (χ1v) is 15.5. The zero-order valence-corrected chi connectivity index (χ0v) is 27.1. The van der Waals surface area contributed by atoms with Crippen LogP contribution in [0.15, 0.2) is 98.6 Å². The van der Waals surface area contributed by atoms with Gasteiger partial charge in [0.15, 0.2) is 16.3 Å². The number of nitrogens with zero attached hydrogens (tertiary/aromatic N) is 3. The summed E-state index contributed by atoms with van der Waals surface area (Å²) in [6.07, 6.45) is 1.55. The van der Waals surface area contributed by atoms with Crippen LogP contribution >= 0.6 is 11.3 Å². The van der Waals surface area contributed by atoms with Gasteiger partial charge in [-0.1, -0.05) is 47.7 Å². The SMILES string of the molecule is CCOC(=O)C1=C(c2ccccc2)N=c2s/c(=C\c3ccc(-c4ccc(OC)cc4[N+](=O)[O-])o3)c(=O)n2[C@@H]1c1ccc(OC)c(OC)c1.